The van der Waals surface area contributed by atoms with Crippen LogP contribution in [0.5, 0.6) is 0 Å². The Hall–Kier alpha value is -1.55. The molecule has 0 unspecified atom stereocenters. The maximum Gasteiger partial charge on any atom is 0.338 e. The number of benzene rings is 1. The molecule has 0 aromatic heterocycles. The highest BCUT2D eigenvalue weighted by Gasteiger charge is 2.10. The minimum Gasteiger partial charge on any atom is -0.462 e. The van der Waals surface area contributed by atoms with Crippen molar-refractivity contribution in [1.29, 1.82) is 0 Å². The normalized spacial score (nSPS) is 10.6. The SMILES string of the molecule is CCCCCCCCCCCCOC(=O)c1ccc(C(=O)OCCCl)cc1. The first-order valence-electron chi connectivity index (χ1n) is 10.2. The lowest BCUT2D eigenvalue weighted by atomic mass is 10.1. The molecule has 0 radical (unpaired) electrons. The van der Waals surface area contributed by atoms with Gasteiger partial charge in [-0.2, -0.15) is 0 Å². The van der Waals surface area contributed by atoms with Gasteiger partial charge in [-0.25, -0.2) is 9.59 Å². The first-order chi connectivity index (χ1) is 13.2. The van der Waals surface area contributed by atoms with Gasteiger partial charge in [0.05, 0.1) is 23.6 Å². The van der Waals surface area contributed by atoms with Gasteiger partial charge in [-0.05, 0) is 30.7 Å². The fourth-order valence-corrected chi connectivity index (χ4v) is 2.87. The van der Waals surface area contributed by atoms with E-state index in [0.717, 1.165) is 12.8 Å². The van der Waals surface area contributed by atoms with E-state index in [4.69, 9.17) is 21.1 Å². The van der Waals surface area contributed by atoms with E-state index in [-0.39, 0.29) is 18.5 Å². The zero-order valence-electron chi connectivity index (χ0n) is 16.5. The summed E-state index contributed by atoms with van der Waals surface area (Å²) in [4.78, 5) is 23.7. The Morgan fingerprint density at radius 3 is 1.56 bits per heavy atom. The van der Waals surface area contributed by atoms with Crippen molar-refractivity contribution in [3.05, 3.63) is 35.4 Å². The number of carbonyl (C=O) groups excluding carboxylic acids is 2. The average molecular weight is 397 g/mol. The largest absolute Gasteiger partial charge is 0.462 e. The molecule has 0 aliphatic carbocycles. The van der Waals surface area contributed by atoms with E-state index in [1.54, 1.807) is 24.3 Å². The first kappa shape index (κ1) is 23.5. The summed E-state index contributed by atoms with van der Waals surface area (Å²) in [5.74, 6) is -0.540. The van der Waals surface area contributed by atoms with Crippen molar-refractivity contribution in [2.75, 3.05) is 19.1 Å². The Morgan fingerprint density at radius 2 is 1.11 bits per heavy atom. The van der Waals surface area contributed by atoms with Gasteiger partial charge in [0.2, 0.25) is 0 Å². The van der Waals surface area contributed by atoms with Gasteiger partial charge in [0, 0.05) is 0 Å². The summed E-state index contributed by atoms with van der Waals surface area (Å²) in [6.07, 6.45) is 12.5. The number of alkyl halides is 1. The van der Waals surface area contributed by atoms with E-state index < -0.39 is 5.97 Å². The van der Waals surface area contributed by atoms with Crippen LogP contribution < -0.4 is 0 Å². The predicted octanol–water partition coefficient (Wildman–Crippen LogP) is 6.16. The van der Waals surface area contributed by atoms with E-state index in [1.165, 1.54) is 51.4 Å². The molecule has 0 saturated heterocycles. The zero-order chi connectivity index (χ0) is 19.7. The molecule has 0 bridgehead atoms. The number of hydrogen-bond donors (Lipinski definition) is 0. The number of rotatable bonds is 15. The van der Waals surface area contributed by atoms with Gasteiger partial charge in [0.25, 0.3) is 0 Å². The number of esters is 2. The van der Waals surface area contributed by atoms with Crippen molar-refractivity contribution < 1.29 is 19.1 Å². The maximum absolute atomic E-state index is 12.0. The van der Waals surface area contributed by atoms with Crippen LogP contribution in [0.1, 0.15) is 91.8 Å². The molecule has 5 heteroatoms. The fraction of sp³-hybridized carbons (Fsp3) is 0.636. The summed E-state index contributed by atoms with van der Waals surface area (Å²) < 4.78 is 10.2. The molecule has 0 N–H and O–H groups in total. The minimum absolute atomic E-state index is 0.170. The third kappa shape index (κ3) is 11.0. The molecule has 0 atom stereocenters. The van der Waals surface area contributed by atoms with E-state index in [0.29, 0.717) is 17.7 Å². The molecule has 0 heterocycles. The summed E-state index contributed by atoms with van der Waals surface area (Å²) >= 11 is 5.48. The molecule has 27 heavy (non-hydrogen) atoms. The van der Waals surface area contributed by atoms with Gasteiger partial charge in [-0.1, -0.05) is 64.7 Å². The number of unbranched alkanes of at least 4 members (excludes halogenated alkanes) is 9. The molecule has 1 aromatic rings. The van der Waals surface area contributed by atoms with Gasteiger partial charge >= 0.3 is 11.9 Å². The van der Waals surface area contributed by atoms with E-state index in [9.17, 15) is 9.59 Å². The standard InChI is InChI=1S/C22H33ClO4/c1-2-3-4-5-6-7-8-9-10-11-17-26-21(24)19-12-14-20(15-13-19)22(25)27-18-16-23/h12-15H,2-11,16-18H2,1H3. The second-order valence-electron chi connectivity index (χ2n) is 6.72. The van der Waals surface area contributed by atoms with Gasteiger partial charge in [0.15, 0.2) is 0 Å². The van der Waals surface area contributed by atoms with Crippen LogP contribution in [-0.2, 0) is 9.47 Å². The highest BCUT2D eigenvalue weighted by Crippen LogP contribution is 2.11. The van der Waals surface area contributed by atoms with Crippen LogP contribution in [0.4, 0.5) is 0 Å². The average Bonchev–Trinajstić information content (AvgIpc) is 2.70. The van der Waals surface area contributed by atoms with Crippen molar-refractivity contribution in [2.24, 2.45) is 0 Å². The highest BCUT2D eigenvalue weighted by molar-refractivity contribution is 6.18. The van der Waals surface area contributed by atoms with Crippen LogP contribution in [0.3, 0.4) is 0 Å². The molecule has 0 spiro atoms. The molecule has 4 nitrogen and oxygen atoms in total. The quantitative estimate of drug-likeness (QED) is 0.202. The highest BCUT2D eigenvalue weighted by atomic mass is 35.5. The van der Waals surface area contributed by atoms with Crippen molar-refractivity contribution in [3.63, 3.8) is 0 Å². The lowest BCUT2D eigenvalue weighted by molar-refractivity contribution is 0.0492. The molecule has 0 saturated carbocycles. The fourth-order valence-electron chi connectivity index (χ4n) is 2.79. The van der Waals surface area contributed by atoms with E-state index in [2.05, 4.69) is 6.92 Å². The lowest BCUT2D eigenvalue weighted by Crippen LogP contribution is -2.09. The second-order valence-corrected chi connectivity index (χ2v) is 7.10. The van der Waals surface area contributed by atoms with Crippen molar-refractivity contribution in [2.45, 2.75) is 71.1 Å². The molecular weight excluding hydrogens is 364 g/mol. The van der Waals surface area contributed by atoms with Crippen LogP contribution in [0.2, 0.25) is 0 Å². The maximum atomic E-state index is 12.0. The summed E-state index contributed by atoms with van der Waals surface area (Å²) in [5, 5.41) is 0. The smallest absolute Gasteiger partial charge is 0.338 e. The monoisotopic (exact) mass is 396 g/mol. The Kier molecular flexibility index (Phi) is 13.5. The Bertz CT molecular complexity index is 528. The van der Waals surface area contributed by atoms with Crippen LogP contribution >= 0.6 is 11.6 Å². The number of carbonyl (C=O) groups is 2. The molecule has 152 valence electrons. The Balaban J connectivity index is 2.10. The van der Waals surface area contributed by atoms with E-state index >= 15 is 0 Å². The van der Waals surface area contributed by atoms with Crippen molar-refractivity contribution in [3.8, 4) is 0 Å². The Morgan fingerprint density at radius 1 is 0.704 bits per heavy atom. The van der Waals surface area contributed by atoms with Crippen LogP contribution in [0, 0.1) is 0 Å². The van der Waals surface area contributed by atoms with Crippen LogP contribution in [-0.4, -0.2) is 31.0 Å². The van der Waals surface area contributed by atoms with Crippen LogP contribution in [0.15, 0.2) is 24.3 Å². The van der Waals surface area contributed by atoms with Gasteiger partial charge < -0.3 is 9.47 Å². The predicted molar refractivity (Wildman–Crippen MR) is 110 cm³/mol. The third-order valence-electron chi connectivity index (χ3n) is 4.40. The minimum atomic E-state index is -0.444. The molecular formula is C22H33ClO4. The summed E-state index contributed by atoms with van der Waals surface area (Å²) in [6.45, 7) is 2.85. The van der Waals surface area contributed by atoms with Crippen molar-refractivity contribution >= 4 is 23.5 Å². The molecule has 0 aliphatic heterocycles. The van der Waals surface area contributed by atoms with E-state index in [1.807, 2.05) is 0 Å². The number of ether oxygens (including phenoxy) is 2. The first-order valence-corrected chi connectivity index (χ1v) is 10.7. The molecule has 0 fully saturated rings. The number of hydrogen-bond acceptors (Lipinski definition) is 4. The summed E-state index contributed by atoms with van der Waals surface area (Å²) in [6, 6.07) is 6.29. The lowest BCUT2D eigenvalue weighted by Gasteiger charge is -2.06. The zero-order valence-corrected chi connectivity index (χ0v) is 17.3. The molecule has 0 aliphatic rings. The molecule has 1 rings (SSSR count). The molecule has 0 amide bonds. The third-order valence-corrected chi connectivity index (χ3v) is 4.55. The van der Waals surface area contributed by atoms with Gasteiger partial charge in [-0.15, -0.1) is 11.6 Å². The second kappa shape index (κ2) is 15.5. The topological polar surface area (TPSA) is 52.6 Å². The Labute approximate surface area is 168 Å². The summed E-state index contributed by atoms with van der Waals surface area (Å²) in [5.41, 5.74) is 0.835. The van der Waals surface area contributed by atoms with Crippen LogP contribution in [0.25, 0.3) is 0 Å². The number of halogens is 1. The van der Waals surface area contributed by atoms with Gasteiger partial charge in [0.1, 0.15) is 6.61 Å². The van der Waals surface area contributed by atoms with Crippen molar-refractivity contribution in [1.82, 2.24) is 0 Å². The van der Waals surface area contributed by atoms with Gasteiger partial charge in [-0.3, -0.25) is 0 Å². The summed E-state index contributed by atoms with van der Waals surface area (Å²) in [7, 11) is 0. The molecule has 1 aromatic carbocycles.